The molecule has 0 aromatic carbocycles. The topological polar surface area (TPSA) is 38.5 Å². The summed E-state index contributed by atoms with van der Waals surface area (Å²) in [6.45, 7) is 4.20. The molecule has 1 aliphatic carbocycles. The van der Waals surface area contributed by atoms with Gasteiger partial charge in [0.25, 0.3) is 0 Å². The Morgan fingerprint density at radius 2 is 2.06 bits per heavy atom. The SMILES string of the molecule is COCC1CCCN(C2(CN)CCCC2)C1. The van der Waals surface area contributed by atoms with Crippen molar-refractivity contribution < 1.29 is 4.74 Å². The van der Waals surface area contributed by atoms with Crippen molar-refractivity contribution in [1.82, 2.24) is 4.90 Å². The molecule has 1 heterocycles. The summed E-state index contributed by atoms with van der Waals surface area (Å²) in [5.74, 6) is 0.725. The first-order valence-electron chi connectivity index (χ1n) is 6.75. The normalized spacial score (nSPS) is 30.8. The molecule has 1 aliphatic heterocycles. The highest BCUT2D eigenvalue weighted by molar-refractivity contribution is 4.97. The molecule has 1 saturated heterocycles. The van der Waals surface area contributed by atoms with Crippen LogP contribution in [-0.4, -0.2) is 43.8 Å². The number of methoxy groups -OCH3 is 1. The molecule has 3 heteroatoms. The van der Waals surface area contributed by atoms with Crippen LogP contribution >= 0.6 is 0 Å². The highest BCUT2D eigenvalue weighted by atomic mass is 16.5. The van der Waals surface area contributed by atoms with Crippen molar-refractivity contribution in [3.05, 3.63) is 0 Å². The Kier molecular flexibility index (Phi) is 4.22. The van der Waals surface area contributed by atoms with Gasteiger partial charge in [0.05, 0.1) is 6.61 Å². The lowest BCUT2D eigenvalue weighted by atomic mass is 9.89. The van der Waals surface area contributed by atoms with Gasteiger partial charge in [-0.15, -0.1) is 0 Å². The van der Waals surface area contributed by atoms with E-state index in [9.17, 15) is 0 Å². The standard InChI is InChI=1S/C13H26N2O/c1-16-10-12-5-4-8-15(9-12)13(11-14)6-2-3-7-13/h12H,2-11,14H2,1H3. The van der Waals surface area contributed by atoms with Gasteiger partial charge in [-0.3, -0.25) is 4.90 Å². The minimum Gasteiger partial charge on any atom is -0.384 e. The van der Waals surface area contributed by atoms with Crippen LogP contribution in [0, 0.1) is 5.92 Å². The van der Waals surface area contributed by atoms with E-state index in [4.69, 9.17) is 10.5 Å². The maximum atomic E-state index is 6.05. The quantitative estimate of drug-likeness (QED) is 0.791. The number of piperidine rings is 1. The fourth-order valence-electron chi connectivity index (χ4n) is 3.55. The lowest BCUT2D eigenvalue weighted by Crippen LogP contribution is -2.55. The third kappa shape index (κ3) is 2.41. The zero-order chi connectivity index (χ0) is 11.4. The molecule has 2 N–H and O–H groups in total. The summed E-state index contributed by atoms with van der Waals surface area (Å²) in [7, 11) is 1.81. The van der Waals surface area contributed by atoms with Crippen molar-refractivity contribution >= 4 is 0 Å². The van der Waals surface area contributed by atoms with Crippen molar-refractivity contribution in [3.8, 4) is 0 Å². The van der Waals surface area contributed by atoms with Crippen LogP contribution in [0.15, 0.2) is 0 Å². The fraction of sp³-hybridized carbons (Fsp3) is 1.00. The minimum atomic E-state index is 0.340. The van der Waals surface area contributed by atoms with Gasteiger partial charge in [-0.1, -0.05) is 12.8 Å². The Bertz CT molecular complexity index is 212. The summed E-state index contributed by atoms with van der Waals surface area (Å²) in [6.07, 6.45) is 7.98. The molecular weight excluding hydrogens is 200 g/mol. The van der Waals surface area contributed by atoms with E-state index < -0.39 is 0 Å². The minimum absolute atomic E-state index is 0.340. The fourth-order valence-corrected chi connectivity index (χ4v) is 3.55. The van der Waals surface area contributed by atoms with Crippen molar-refractivity contribution in [3.63, 3.8) is 0 Å². The summed E-state index contributed by atoms with van der Waals surface area (Å²) in [4.78, 5) is 2.67. The average molecular weight is 226 g/mol. The second-order valence-corrected chi connectivity index (χ2v) is 5.55. The maximum Gasteiger partial charge on any atom is 0.0502 e. The largest absolute Gasteiger partial charge is 0.384 e. The molecule has 2 fully saturated rings. The third-order valence-electron chi connectivity index (χ3n) is 4.51. The molecule has 2 aliphatic rings. The smallest absolute Gasteiger partial charge is 0.0502 e. The van der Waals surface area contributed by atoms with E-state index in [0.29, 0.717) is 5.54 Å². The highest BCUT2D eigenvalue weighted by Gasteiger charge is 2.40. The van der Waals surface area contributed by atoms with Crippen molar-refractivity contribution in [1.29, 1.82) is 0 Å². The van der Waals surface area contributed by atoms with Gasteiger partial charge in [-0.25, -0.2) is 0 Å². The zero-order valence-corrected chi connectivity index (χ0v) is 10.6. The molecule has 0 radical (unpaired) electrons. The van der Waals surface area contributed by atoms with Gasteiger partial charge in [0.1, 0.15) is 0 Å². The lowest BCUT2D eigenvalue weighted by molar-refractivity contribution is 0.0251. The van der Waals surface area contributed by atoms with Gasteiger partial charge in [-0.2, -0.15) is 0 Å². The van der Waals surface area contributed by atoms with Gasteiger partial charge in [0.2, 0.25) is 0 Å². The second kappa shape index (κ2) is 5.48. The summed E-state index contributed by atoms with van der Waals surface area (Å²) in [5, 5.41) is 0. The summed E-state index contributed by atoms with van der Waals surface area (Å²) < 4.78 is 5.30. The average Bonchev–Trinajstić information content (AvgIpc) is 2.80. The van der Waals surface area contributed by atoms with E-state index in [-0.39, 0.29) is 0 Å². The first-order valence-corrected chi connectivity index (χ1v) is 6.75. The van der Waals surface area contributed by atoms with Gasteiger partial charge in [0.15, 0.2) is 0 Å². The Balaban J connectivity index is 1.96. The number of nitrogens with zero attached hydrogens (tertiary/aromatic N) is 1. The van der Waals surface area contributed by atoms with E-state index in [2.05, 4.69) is 4.90 Å². The molecule has 1 saturated carbocycles. The Morgan fingerprint density at radius 3 is 2.69 bits per heavy atom. The van der Waals surface area contributed by atoms with Crippen molar-refractivity contribution in [2.45, 2.75) is 44.1 Å². The van der Waals surface area contributed by atoms with Crippen LogP contribution in [0.3, 0.4) is 0 Å². The van der Waals surface area contributed by atoms with E-state index in [1.165, 1.54) is 51.6 Å². The van der Waals surface area contributed by atoms with Gasteiger partial charge < -0.3 is 10.5 Å². The number of likely N-dealkylation sites (tertiary alicyclic amines) is 1. The number of hydrogen-bond donors (Lipinski definition) is 1. The third-order valence-corrected chi connectivity index (χ3v) is 4.51. The summed E-state index contributed by atoms with van der Waals surface area (Å²) >= 11 is 0. The monoisotopic (exact) mass is 226 g/mol. The lowest BCUT2D eigenvalue weighted by Gasteiger charge is -2.45. The van der Waals surface area contributed by atoms with Crippen LogP contribution in [0.2, 0.25) is 0 Å². The predicted octanol–water partition coefficient (Wildman–Crippen LogP) is 1.62. The molecule has 0 aromatic heterocycles. The molecule has 0 bridgehead atoms. The van der Waals surface area contributed by atoms with Gasteiger partial charge in [-0.05, 0) is 38.1 Å². The van der Waals surface area contributed by atoms with Crippen LogP contribution in [-0.2, 0) is 4.74 Å². The Morgan fingerprint density at radius 1 is 1.31 bits per heavy atom. The molecule has 2 rings (SSSR count). The van der Waals surface area contributed by atoms with Gasteiger partial charge in [0, 0.05) is 25.7 Å². The zero-order valence-electron chi connectivity index (χ0n) is 10.6. The maximum absolute atomic E-state index is 6.05. The molecule has 94 valence electrons. The van der Waals surface area contributed by atoms with E-state index in [0.717, 1.165) is 19.1 Å². The summed E-state index contributed by atoms with van der Waals surface area (Å²) in [5.41, 5.74) is 6.39. The number of rotatable bonds is 4. The van der Waals surface area contributed by atoms with Crippen molar-refractivity contribution in [2.24, 2.45) is 11.7 Å². The Hall–Kier alpha value is -0.120. The summed E-state index contributed by atoms with van der Waals surface area (Å²) in [6, 6.07) is 0. The predicted molar refractivity (Wildman–Crippen MR) is 66.4 cm³/mol. The first kappa shape index (κ1) is 12.3. The molecule has 0 aromatic rings. The van der Waals surface area contributed by atoms with Crippen LogP contribution in [0.5, 0.6) is 0 Å². The van der Waals surface area contributed by atoms with Crippen LogP contribution < -0.4 is 5.73 Å². The van der Waals surface area contributed by atoms with Crippen molar-refractivity contribution in [2.75, 3.05) is 33.4 Å². The molecular formula is C13H26N2O. The van der Waals surface area contributed by atoms with Crippen LogP contribution in [0.25, 0.3) is 0 Å². The highest BCUT2D eigenvalue weighted by Crippen LogP contribution is 2.36. The molecule has 0 amide bonds. The van der Waals surface area contributed by atoms with Gasteiger partial charge >= 0.3 is 0 Å². The number of ether oxygens (including phenoxy) is 1. The molecule has 1 unspecified atom stereocenters. The first-order chi connectivity index (χ1) is 7.80. The van der Waals surface area contributed by atoms with E-state index >= 15 is 0 Å². The Labute approximate surface area is 99.3 Å². The van der Waals surface area contributed by atoms with Crippen LogP contribution in [0.4, 0.5) is 0 Å². The number of hydrogen-bond acceptors (Lipinski definition) is 3. The van der Waals surface area contributed by atoms with E-state index in [1.807, 2.05) is 7.11 Å². The number of nitrogens with two attached hydrogens (primary N) is 1. The molecule has 3 nitrogen and oxygen atoms in total. The molecule has 1 atom stereocenters. The molecule has 0 spiro atoms. The van der Waals surface area contributed by atoms with Crippen LogP contribution in [0.1, 0.15) is 38.5 Å². The molecule has 16 heavy (non-hydrogen) atoms. The second-order valence-electron chi connectivity index (χ2n) is 5.55. The van der Waals surface area contributed by atoms with E-state index in [1.54, 1.807) is 0 Å².